The molecule has 152 valence electrons. The largest absolute Gasteiger partial charge is 0.323 e. The first-order chi connectivity index (χ1) is 14.5. The molecule has 0 spiro atoms. The highest BCUT2D eigenvalue weighted by Crippen LogP contribution is 2.26. The molecule has 8 nitrogen and oxygen atoms in total. The molecule has 0 fully saturated rings. The summed E-state index contributed by atoms with van der Waals surface area (Å²) in [5.41, 5.74) is 2.10. The molecule has 11 heteroatoms. The second-order valence-corrected chi connectivity index (χ2v) is 8.03. The standard InChI is InChI=1S/C19H15Cl2N7OS/c1-27-18(12-2-4-13(20)5-3-12)25-26-19(27)30-9-17(29)24-15-8-14(21)6-7-16(15)28-11-22-10-23-28/h2-8,10-11H,9H2,1H3,(H,24,29). The van der Waals surface area contributed by atoms with E-state index < -0.39 is 0 Å². The Kier molecular flexibility index (Phi) is 6.03. The van der Waals surface area contributed by atoms with E-state index in [1.165, 1.54) is 18.1 Å². The molecule has 4 rings (SSSR count). The molecule has 1 N–H and O–H groups in total. The third-order valence-electron chi connectivity index (χ3n) is 4.17. The summed E-state index contributed by atoms with van der Waals surface area (Å²) in [5.74, 6) is 0.633. The number of aromatic nitrogens is 6. The number of amides is 1. The monoisotopic (exact) mass is 459 g/mol. The van der Waals surface area contributed by atoms with Gasteiger partial charge < -0.3 is 9.88 Å². The third-order valence-corrected chi connectivity index (χ3v) is 5.68. The van der Waals surface area contributed by atoms with Gasteiger partial charge in [0.25, 0.3) is 0 Å². The molecule has 0 unspecified atom stereocenters. The van der Waals surface area contributed by atoms with Crippen molar-refractivity contribution in [3.05, 3.63) is 65.2 Å². The van der Waals surface area contributed by atoms with Gasteiger partial charge in [-0.3, -0.25) is 4.79 Å². The number of anilines is 1. The minimum Gasteiger partial charge on any atom is -0.323 e. The van der Waals surface area contributed by atoms with Crippen molar-refractivity contribution in [2.24, 2.45) is 7.05 Å². The van der Waals surface area contributed by atoms with Crippen molar-refractivity contribution < 1.29 is 4.79 Å². The molecule has 0 saturated carbocycles. The van der Waals surface area contributed by atoms with Crippen molar-refractivity contribution >= 4 is 46.6 Å². The van der Waals surface area contributed by atoms with Crippen LogP contribution in [-0.4, -0.2) is 41.2 Å². The Morgan fingerprint density at radius 1 is 1.10 bits per heavy atom. The van der Waals surface area contributed by atoms with Crippen LogP contribution in [0.15, 0.2) is 60.3 Å². The summed E-state index contributed by atoms with van der Waals surface area (Å²) in [4.78, 5) is 16.5. The summed E-state index contributed by atoms with van der Waals surface area (Å²) >= 11 is 13.3. The number of hydrogen-bond acceptors (Lipinski definition) is 6. The van der Waals surface area contributed by atoms with Crippen LogP contribution >= 0.6 is 35.0 Å². The van der Waals surface area contributed by atoms with E-state index in [-0.39, 0.29) is 11.7 Å². The summed E-state index contributed by atoms with van der Waals surface area (Å²) < 4.78 is 3.39. The lowest BCUT2D eigenvalue weighted by atomic mass is 10.2. The molecular weight excluding hydrogens is 445 g/mol. The maximum Gasteiger partial charge on any atom is 0.234 e. The van der Waals surface area contributed by atoms with Crippen molar-refractivity contribution in [2.75, 3.05) is 11.1 Å². The first-order valence-electron chi connectivity index (χ1n) is 8.74. The van der Waals surface area contributed by atoms with E-state index in [2.05, 4.69) is 25.6 Å². The summed E-state index contributed by atoms with van der Waals surface area (Å²) in [6, 6.07) is 12.5. The van der Waals surface area contributed by atoms with Gasteiger partial charge in [-0.2, -0.15) is 5.10 Å². The molecule has 0 bridgehead atoms. The van der Waals surface area contributed by atoms with Gasteiger partial charge in [0, 0.05) is 22.7 Å². The van der Waals surface area contributed by atoms with Gasteiger partial charge in [0.15, 0.2) is 11.0 Å². The maximum absolute atomic E-state index is 12.6. The number of carbonyl (C=O) groups is 1. The van der Waals surface area contributed by atoms with Gasteiger partial charge in [0.1, 0.15) is 12.7 Å². The van der Waals surface area contributed by atoms with Gasteiger partial charge in [-0.15, -0.1) is 10.2 Å². The van der Waals surface area contributed by atoms with Crippen LogP contribution in [0.2, 0.25) is 10.0 Å². The second kappa shape index (κ2) is 8.86. The quantitative estimate of drug-likeness (QED) is 0.436. The van der Waals surface area contributed by atoms with Crippen LogP contribution < -0.4 is 5.32 Å². The summed E-state index contributed by atoms with van der Waals surface area (Å²) in [6.45, 7) is 0. The van der Waals surface area contributed by atoms with E-state index in [9.17, 15) is 4.79 Å². The van der Waals surface area contributed by atoms with E-state index in [1.807, 2.05) is 23.7 Å². The van der Waals surface area contributed by atoms with Crippen LogP contribution in [0, 0.1) is 0 Å². The Labute approximate surface area is 186 Å². The molecule has 0 radical (unpaired) electrons. The lowest BCUT2D eigenvalue weighted by molar-refractivity contribution is -0.113. The lowest BCUT2D eigenvalue weighted by Gasteiger charge is -2.11. The fraction of sp³-hybridized carbons (Fsp3) is 0.105. The predicted octanol–water partition coefficient (Wildman–Crippen LogP) is 4.10. The Balaban J connectivity index is 1.45. The van der Waals surface area contributed by atoms with E-state index in [1.54, 1.807) is 41.3 Å². The van der Waals surface area contributed by atoms with E-state index >= 15 is 0 Å². The van der Waals surface area contributed by atoms with Gasteiger partial charge in [-0.1, -0.05) is 35.0 Å². The fourth-order valence-electron chi connectivity index (χ4n) is 2.75. The summed E-state index contributed by atoms with van der Waals surface area (Å²) in [6.07, 6.45) is 2.97. The van der Waals surface area contributed by atoms with Crippen molar-refractivity contribution in [1.29, 1.82) is 0 Å². The number of nitrogens with zero attached hydrogens (tertiary/aromatic N) is 6. The number of nitrogens with one attached hydrogen (secondary N) is 1. The van der Waals surface area contributed by atoms with Crippen LogP contribution in [0.25, 0.3) is 17.1 Å². The smallest absolute Gasteiger partial charge is 0.234 e. The molecule has 30 heavy (non-hydrogen) atoms. The van der Waals surface area contributed by atoms with Gasteiger partial charge in [-0.05, 0) is 42.5 Å². The van der Waals surface area contributed by atoms with Gasteiger partial charge in [-0.25, -0.2) is 9.67 Å². The molecule has 2 heterocycles. The fourth-order valence-corrected chi connectivity index (χ4v) is 3.76. The minimum atomic E-state index is -0.209. The Hall–Kier alpha value is -2.88. The molecule has 0 aliphatic heterocycles. The van der Waals surface area contributed by atoms with Crippen LogP contribution in [0.1, 0.15) is 0 Å². The average Bonchev–Trinajstić information content (AvgIpc) is 3.38. The molecule has 2 aromatic carbocycles. The third kappa shape index (κ3) is 4.48. The van der Waals surface area contributed by atoms with Gasteiger partial charge in [0.05, 0.1) is 17.1 Å². The Morgan fingerprint density at radius 3 is 2.60 bits per heavy atom. The number of carbonyl (C=O) groups excluding carboxylic acids is 1. The minimum absolute atomic E-state index is 0.149. The molecule has 1 amide bonds. The molecule has 0 atom stereocenters. The molecule has 2 aromatic heterocycles. The zero-order valence-electron chi connectivity index (χ0n) is 15.7. The number of halogens is 2. The number of hydrogen-bond donors (Lipinski definition) is 1. The first-order valence-corrected chi connectivity index (χ1v) is 10.5. The van der Waals surface area contributed by atoms with Crippen LogP contribution in [0.4, 0.5) is 5.69 Å². The zero-order valence-corrected chi connectivity index (χ0v) is 18.0. The molecule has 4 aromatic rings. The van der Waals surface area contributed by atoms with Crippen molar-refractivity contribution in [3.8, 4) is 17.1 Å². The Morgan fingerprint density at radius 2 is 1.87 bits per heavy atom. The predicted molar refractivity (Wildman–Crippen MR) is 117 cm³/mol. The number of thioether (sulfide) groups is 1. The SMILES string of the molecule is Cn1c(SCC(=O)Nc2cc(Cl)ccc2-n2cncn2)nnc1-c1ccc(Cl)cc1. The van der Waals surface area contributed by atoms with E-state index in [0.29, 0.717) is 32.4 Å². The molecule has 0 aliphatic rings. The number of rotatable bonds is 6. The molecule has 0 saturated heterocycles. The van der Waals surface area contributed by atoms with Crippen LogP contribution in [0.5, 0.6) is 0 Å². The van der Waals surface area contributed by atoms with Crippen LogP contribution in [-0.2, 0) is 11.8 Å². The van der Waals surface area contributed by atoms with Crippen molar-refractivity contribution in [3.63, 3.8) is 0 Å². The topological polar surface area (TPSA) is 90.5 Å². The van der Waals surface area contributed by atoms with Gasteiger partial charge >= 0.3 is 0 Å². The number of benzene rings is 2. The average molecular weight is 460 g/mol. The highest BCUT2D eigenvalue weighted by atomic mass is 35.5. The molecule has 0 aliphatic carbocycles. The van der Waals surface area contributed by atoms with Crippen molar-refractivity contribution in [2.45, 2.75) is 5.16 Å². The maximum atomic E-state index is 12.6. The first kappa shape index (κ1) is 20.4. The van der Waals surface area contributed by atoms with Gasteiger partial charge in [0.2, 0.25) is 5.91 Å². The molecular formula is C19H15Cl2N7OS. The summed E-state index contributed by atoms with van der Waals surface area (Å²) in [7, 11) is 1.85. The highest BCUT2D eigenvalue weighted by molar-refractivity contribution is 7.99. The lowest BCUT2D eigenvalue weighted by Crippen LogP contribution is -2.16. The Bertz CT molecular complexity index is 1180. The zero-order chi connectivity index (χ0) is 21.1. The normalized spacial score (nSPS) is 10.9. The van der Waals surface area contributed by atoms with E-state index in [4.69, 9.17) is 23.2 Å². The van der Waals surface area contributed by atoms with Crippen LogP contribution in [0.3, 0.4) is 0 Å². The highest BCUT2D eigenvalue weighted by Gasteiger charge is 2.15. The van der Waals surface area contributed by atoms with Crippen molar-refractivity contribution in [1.82, 2.24) is 29.5 Å². The van der Waals surface area contributed by atoms with E-state index in [0.717, 1.165) is 5.56 Å². The summed E-state index contributed by atoms with van der Waals surface area (Å²) in [5, 5.41) is 17.2. The second-order valence-electron chi connectivity index (χ2n) is 6.21.